The van der Waals surface area contributed by atoms with Gasteiger partial charge in [-0.25, -0.2) is 4.39 Å². The third-order valence-electron chi connectivity index (χ3n) is 3.92. The maximum Gasteiger partial charge on any atom is 0.123 e. The van der Waals surface area contributed by atoms with E-state index in [0.29, 0.717) is 12.0 Å². The maximum atomic E-state index is 12.9. The van der Waals surface area contributed by atoms with Gasteiger partial charge in [0.15, 0.2) is 0 Å². The van der Waals surface area contributed by atoms with E-state index in [9.17, 15) is 4.39 Å². The number of hydrogen-bond donors (Lipinski definition) is 1. The lowest BCUT2D eigenvalue weighted by atomic mass is 10.1. The van der Waals surface area contributed by atoms with Gasteiger partial charge in [0.25, 0.3) is 0 Å². The minimum atomic E-state index is -0.189. The van der Waals surface area contributed by atoms with Crippen molar-refractivity contribution in [2.75, 3.05) is 13.1 Å². The van der Waals surface area contributed by atoms with Gasteiger partial charge in [-0.05, 0) is 35.7 Å². The minimum Gasteiger partial charge on any atom is -0.326 e. The Morgan fingerprint density at radius 3 is 2.60 bits per heavy atom. The molecule has 0 radical (unpaired) electrons. The van der Waals surface area contributed by atoms with E-state index in [4.69, 9.17) is 5.73 Å². The van der Waals surface area contributed by atoms with Gasteiger partial charge in [-0.2, -0.15) is 0 Å². The number of benzene rings is 1. The van der Waals surface area contributed by atoms with Gasteiger partial charge in [-0.3, -0.25) is 4.90 Å². The van der Waals surface area contributed by atoms with Crippen LogP contribution < -0.4 is 5.73 Å². The zero-order valence-corrected chi connectivity index (χ0v) is 12.4. The van der Waals surface area contributed by atoms with Crippen LogP contribution in [0.3, 0.4) is 0 Å². The van der Waals surface area contributed by atoms with Crippen LogP contribution in [0.25, 0.3) is 10.4 Å². The molecule has 1 aliphatic rings. The average molecular weight is 290 g/mol. The lowest BCUT2D eigenvalue weighted by Crippen LogP contribution is -2.28. The molecule has 1 fully saturated rings. The number of likely N-dealkylation sites (tertiary alicyclic amines) is 1. The number of thiophene rings is 1. The summed E-state index contributed by atoms with van der Waals surface area (Å²) in [5.41, 5.74) is 7.14. The third kappa shape index (κ3) is 2.92. The normalized spacial score (nSPS) is 23.4. The Morgan fingerprint density at radius 2 is 1.95 bits per heavy atom. The first-order chi connectivity index (χ1) is 9.61. The molecule has 2 aromatic rings. The first kappa shape index (κ1) is 13.7. The summed E-state index contributed by atoms with van der Waals surface area (Å²) in [4.78, 5) is 4.94. The summed E-state index contributed by atoms with van der Waals surface area (Å²) in [6.07, 6.45) is 0. The second kappa shape index (κ2) is 5.64. The van der Waals surface area contributed by atoms with Gasteiger partial charge in [0.2, 0.25) is 0 Å². The molecule has 0 aliphatic carbocycles. The summed E-state index contributed by atoms with van der Waals surface area (Å²) in [7, 11) is 0. The first-order valence-electron chi connectivity index (χ1n) is 6.94. The summed E-state index contributed by atoms with van der Waals surface area (Å²) in [6, 6.07) is 11.3. The highest BCUT2D eigenvalue weighted by molar-refractivity contribution is 7.15. The lowest BCUT2D eigenvalue weighted by Gasteiger charge is -2.13. The third-order valence-corrected chi connectivity index (χ3v) is 5.04. The fourth-order valence-electron chi connectivity index (χ4n) is 2.68. The smallest absolute Gasteiger partial charge is 0.123 e. The number of rotatable bonds is 3. The van der Waals surface area contributed by atoms with Crippen molar-refractivity contribution in [3.05, 3.63) is 47.1 Å². The van der Waals surface area contributed by atoms with E-state index >= 15 is 0 Å². The standard InChI is InChI=1S/C16H19FN2S/c1-11-8-19(10-15(11)18)9-14-6-7-16(20-14)12-2-4-13(17)5-3-12/h2-7,11,15H,8-10,18H2,1H3. The molecule has 0 saturated carbocycles. The van der Waals surface area contributed by atoms with Gasteiger partial charge in [0.1, 0.15) is 5.82 Å². The summed E-state index contributed by atoms with van der Waals surface area (Å²) in [5.74, 6) is 0.386. The van der Waals surface area contributed by atoms with Crippen molar-refractivity contribution in [2.24, 2.45) is 11.7 Å². The predicted molar refractivity (Wildman–Crippen MR) is 82.1 cm³/mol. The van der Waals surface area contributed by atoms with E-state index in [0.717, 1.165) is 25.2 Å². The lowest BCUT2D eigenvalue weighted by molar-refractivity contribution is 0.322. The summed E-state index contributed by atoms with van der Waals surface area (Å²) in [6.45, 7) is 5.23. The summed E-state index contributed by atoms with van der Waals surface area (Å²) >= 11 is 1.78. The molecule has 20 heavy (non-hydrogen) atoms. The zero-order chi connectivity index (χ0) is 14.1. The van der Waals surface area contributed by atoms with Gasteiger partial charge < -0.3 is 5.73 Å². The van der Waals surface area contributed by atoms with Crippen LogP contribution >= 0.6 is 11.3 Å². The molecule has 1 saturated heterocycles. The Morgan fingerprint density at radius 1 is 1.20 bits per heavy atom. The first-order valence-corrected chi connectivity index (χ1v) is 7.76. The number of hydrogen-bond acceptors (Lipinski definition) is 3. The Kier molecular flexibility index (Phi) is 3.87. The van der Waals surface area contributed by atoms with Crippen molar-refractivity contribution < 1.29 is 4.39 Å². The van der Waals surface area contributed by atoms with E-state index < -0.39 is 0 Å². The monoisotopic (exact) mass is 290 g/mol. The van der Waals surface area contributed by atoms with Crippen molar-refractivity contribution in [3.8, 4) is 10.4 Å². The molecule has 1 aromatic heterocycles. The van der Waals surface area contributed by atoms with E-state index in [1.54, 1.807) is 11.3 Å². The molecule has 2 N–H and O–H groups in total. The molecule has 2 heterocycles. The Balaban J connectivity index is 1.69. The van der Waals surface area contributed by atoms with Crippen molar-refractivity contribution in [2.45, 2.75) is 19.5 Å². The van der Waals surface area contributed by atoms with Crippen LogP contribution in [-0.2, 0) is 6.54 Å². The Bertz CT molecular complexity index is 568. The Labute approximate surface area is 123 Å². The van der Waals surface area contributed by atoms with Crippen molar-refractivity contribution in [1.29, 1.82) is 0 Å². The fraction of sp³-hybridized carbons (Fsp3) is 0.375. The van der Waals surface area contributed by atoms with Crippen LogP contribution in [-0.4, -0.2) is 24.0 Å². The molecule has 1 aromatic carbocycles. The molecular formula is C16H19FN2S. The van der Waals surface area contributed by atoms with E-state index in [-0.39, 0.29) is 5.82 Å². The highest BCUT2D eigenvalue weighted by atomic mass is 32.1. The summed E-state index contributed by atoms with van der Waals surface area (Å²) < 4.78 is 12.9. The van der Waals surface area contributed by atoms with Gasteiger partial charge in [-0.15, -0.1) is 11.3 Å². The summed E-state index contributed by atoms with van der Waals surface area (Å²) in [5, 5.41) is 0. The van der Waals surface area contributed by atoms with E-state index in [2.05, 4.69) is 24.0 Å². The number of nitrogens with two attached hydrogens (primary N) is 1. The van der Waals surface area contributed by atoms with E-state index in [1.807, 2.05) is 12.1 Å². The molecule has 3 rings (SSSR count). The van der Waals surface area contributed by atoms with Gasteiger partial charge in [-0.1, -0.05) is 19.1 Å². The van der Waals surface area contributed by atoms with Gasteiger partial charge in [0, 0.05) is 35.4 Å². The molecule has 4 heteroatoms. The highest BCUT2D eigenvalue weighted by Gasteiger charge is 2.26. The van der Waals surface area contributed by atoms with Crippen molar-refractivity contribution in [1.82, 2.24) is 4.90 Å². The average Bonchev–Trinajstić information content (AvgIpc) is 2.99. The fourth-order valence-corrected chi connectivity index (χ4v) is 3.73. The predicted octanol–water partition coefficient (Wildman–Crippen LogP) is 3.33. The topological polar surface area (TPSA) is 29.3 Å². The van der Waals surface area contributed by atoms with Gasteiger partial charge >= 0.3 is 0 Å². The van der Waals surface area contributed by atoms with Crippen LogP contribution in [0.4, 0.5) is 4.39 Å². The second-order valence-electron chi connectivity index (χ2n) is 5.61. The van der Waals surface area contributed by atoms with Gasteiger partial charge in [0.05, 0.1) is 0 Å². The molecule has 0 bridgehead atoms. The molecule has 2 nitrogen and oxygen atoms in total. The van der Waals surface area contributed by atoms with E-state index in [1.165, 1.54) is 21.9 Å². The van der Waals surface area contributed by atoms with Crippen LogP contribution in [0, 0.1) is 11.7 Å². The molecule has 2 unspecified atom stereocenters. The van der Waals surface area contributed by atoms with Crippen LogP contribution in [0.1, 0.15) is 11.8 Å². The number of halogens is 1. The maximum absolute atomic E-state index is 12.9. The van der Waals surface area contributed by atoms with Crippen LogP contribution in [0.15, 0.2) is 36.4 Å². The molecule has 2 atom stereocenters. The van der Waals surface area contributed by atoms with Crippen LogP contribution in [0.5, 0.6) is 0 Å². The van der Waals surface area contributed by atoms with Crippen molar-refractivity contribution >= 4 is 11.3 Å². The molecule has 0 spiro atoms. The highest BCUT2D eigenvalue weighted by Crippen LogP contribution is 2.29. The Hall–Kier alpha value is -1.23. The second-order valence-corrected chi connectivity index (χ2v) is 6.78. The zero-order valence-electron chi connectivity index (χ0n) is 11.6. The SMILES string of the molecule is CC1CN(Cc2ccc(-c3ccc(F)cc3)s2)CC1N. The minimum absolute atomic E-state index is 0.189. The van der Waals surface area contributed by atoms with Crippen LogP contribution in [0.2, 0.25) is 0 Å². The molecule has 0 amide bonds. The van der Waals surface area contributed by atoms with Crippen molar-refractivity contribution in [3.63, 3.8) is 0 Å². The molecule has 1 aliphatic heterocycles. The number of nitrogens with zero attached hydrogens (tertiary/aromatic N) is 1. The quantitative estimate of drug-likeness (QED) is 0.939. The largest absolute Gasteiger partial charge is 0.326 e. The molecular weight excluding hydrogens is 271 g/mol. The molecule has 106 valence electrons.